The highest BCUT2D eigenvalue weighted by molar-refractivity contribution is 7.85. The van der Waals surface area contributed by atoms with Gasteiger partial charge in [-0.05, 0) is 41.1 Å². The molecule has 0 aliphatic carbocycles. The molecule has 9 rings (SSSR count). The molecule has 3 nitrogen and oxygen atoms in total. The first-order valence-corrected chi connectivity index (χ1v) is 17.6. The van der Waals surface area contributed by atoms with E-state index in [1.54, 1.807) is 0 Å². The Bertz CT molecular complexity index is 2600. The summed E-state index contributed by atoms with van der Waals surface area (Å²) in [5.41, 5.74) is 6.23. The van der Waals surface area contributed by atoms with Gasteiger partial charge in [-0.25, -0.2) is 4.98 Å². The van der Waals surface area contributed by atoms with Gasteiger partial charge in [-0.3, -0.25) is 0 Å². The number of fused-ring (bicyclic) bond motifs is 6. The molecule has 0 bridgehead atoms. The summed E-state index contributed by atoms with van der Waals surface area (Å²) < 4.78 is 18.0. The number of hydrogen-bond acceptors (Lipinski definition) is 2. The summed E-state index contributed by atoms with van der Waals surface area (Å²) in [6.07, 6.45) is 0. The Kier molecular flexibility index (Phi) is 6.41. The first kappa shape index (κ1) is 27.5. The van der Waals surface area contributed by atoms with Crippen LogP contribution >= 0.6 is 7.14 Å². The van der Waals surface area contributed by atoms with Crippen molar-refractivity contribution in [3.05, 3.63) is 176 Å². The van der Waals surface area contributed by atoms with Gasteiger partial charge in [0.05, 0.1) is 22.2 Å². The third-order valence-corrected chi connectivity index (χ3v) is 12.4. The minimum atomic E-state index is -3.22. The number of para-hydroxylation sites is 3. The molecule has 2 aromatic heterocycles. The average molecular weight is 621 g/mol. The number of aromatic nitrogens is 2. The molecule has 9 aromatic rings. The van der Waals surface area contributed by atoms with Crippen LogP contribution in [0.5, 0.6) is 0 Å². The normalized spacial score (nSPS) is 11.9. The third kappa shape index (κ3) is 4.21. The lowest BCUT2D eigenvalue weighted by molar-refractivity contribution is 0.592. The van der Waals surface area contributed by atoms with Crippen molar-refractivity contribution in [2.75, 3.05) is 0 Å². The second-order valence-corrected chi connectivity index (χ2v) is 14.6. The fourth-order valence-corrected chi connectivity index (χ4v) is 10.0. The Balaban J connectivity index is 1.41. The van der Waals surface area contributed by atoms with Gasteiger partial charge in [-0.2, -0.15) is 0 Å². The minimum Gasteiger partial charge on any atom is -0.309 e. The van der Waals surface area contributed by atoms with Crippen LogP contribution in [0.15, 0.2) is 176 Å². The number of nitrogens with zero attached hydrogens (tertiary/aromatic N) is 2. The van der Waals surface area contributed by atoms with Crippen LogP contribution < -0.4 is 15.9 Å². The van der Waals surface area contributed by atoms with Crippen molar-refractivity contribution in [2.45, 2.75) is 0 Å². The van der Waals surface area contributed by atoms with Gasteiger partial charge in [0.25, 0.3) is 0 Å². The minimum absolute atomic E-state index is 0.821. The summed E-state index contributed by atoms with van der Waals surface area (Å²) >= 11 is 0. The molecule has 4 heteroatoms. The van der Waals surface area contributed by atoms with Crippen LogP contribution in [0, 0.1) is 0 Å². The van der Waals surface area contributed by atoms with Gasteiger partial charge >= 0.3 is 0 Å². The summed E-state index contributed by atoms with van der Waals surface area (Å²) in [5, 5.41) is 7.82. The highest BCUT2D eigenvalue weighted by atomic mass is 31.2. The average Bonchev–Trinajstić information content (AvgIpc) is 3.50. The second kappa shape index (κ2) is 10.9. The smallest absolute Gasteiger partial charge is 0.171 e. The van der Waals surface area contributed by atoms with E-state index in [4.69, 9.17) is 4.98 Å². The molecule has 47 heavy (non-hydrogen) atoms. The predicted molar refractivity (Wildman–Crippen MR) is 198 cm³/mol. The van der Waals surface area contributed by atoms with E-state index in [0.29, 0.717) is 0 Å². The van der Waals surface area contributed by atoms with Gasteiger partial charge in [0.2, 0.25) is 0 Å². The standard InChI is InChI=1S/C43H29N2OP/c46-47(31-18-6-2-7-19-31,32-20-8-3-9-21-32)40-29-28-35(33-22-10-11-23-34(33)40)42-41-37-25-13-15-27-39(37)45(30-16-4-1-5-17-30)43(41)36-24-12-14-26-38(36)44-42/h1-29H. The first-order chi connectivity index (χ1) is 23.2. The molecular formula is C43H29N2OP. The zero-order valence-corrected chi connectivity index (χ0v) is 26.4. The predicted octanol–water partition coefficient (Wildman–Crippen LogP) is 9.79. The lowest BCUT2D eigenvalue weighted by Crippen LogP contribution is -2.25. The van der Waals surface area contributed by atoms with Gasteiger partial charge in [0.15, 0.2) is 7.14 Å². The van der Waals surface area contributed by atoms with E-state index in [1.165, 1.54) is 0 Å². The number of rotatable bonds is 5. The van der Waals surface area contributed by atoms with E-state index in [0.717, 1.165) is 76.3 Å². The van der Waals surface area contributed by atoms with Crippen LogP contribution in [0.3, 0.4) is 0 Å². The molecular weight excluding hydrogens is 591 g/mol. The molecule has 0 aliphatic rings. The van der Waals surface area contributed by atoms with Crippen LogP contribution in [0.2, 0.25) is 0 Å². The molecule has 0 fully saturated rings. The van der Waals surface area contributed by atoms with Crippen LogP contribution in [0.25, 0.3) is 60.4 Å². The van der Waals surface area contributed by atoms with Crippen molar-refractivity contribution >= 4 is 66.5 Å². The molecule has 0 unspecified atom stereocenters. The van der Waals surface area contributed by atoms with E-state index in [2.05, 4.69) is 114 Å². The van der Waals surface area contributed by atoms with E-state index in [-0.39, 0.29) is 0 Å². The van der Waals surface area contributed by atoms with Gasteiger partial charge in [0, 0.05) is 43.3 Å². The Morgan fingerprint density at radius 2 is 1.00 bits per heavy atom. The van der Waals surface area contributed by atoms with Gasteiger partial charge < -0.3 is 9.13 Å². The molecule has 2 heterocycles. The van der Waals surface area contributed by atoms with Gasteiger partial charge in [-0.1, -0.05) is 146 Å². The largest absolute Gasteiger partial charge is 0.309 e. The molecule has 0 spiro atoms. The second-order valence-electron chi connectivity index (χ2n) is 11.8. The fraction of sp³-hybridized carbons (Fsp3) is 0. The Morgan fingerprint density at radius 3 is 1.68 bits per heavy atom. The molecule has 0 amide bonds. The van der Waals surface area contributed by atoms with Gasteiger partial charge in [0.1, 0.15) is 0 Å². The molecule has 222 valence electrons. The van der Waals surface area contributed by atoms with E-state index in [1.807, 2.05) is 66.7 Å². The maximum atomic E-state index is 15.6. The summed E-state index contributed by atoms with van der Waals surface area (Å²) in [6, 6.07) is 59.9. The van der Waals surface area contributed by atoms with Crippen LogP contribution in [-0.4, -0.2) is 9.55 Å². The van der Waals surface area contributed by atoms with E-state index in [9.17, 15) is 0 Å². The Hall–Kier alpha value is -5.76. The maximum Gasteiger partial charge on any atom is 0.171 e. The van der Waals surface area contributed by atoms with Crippen LogP contribution in [0.1, 0.15) is 0 Å². The van der Waals surface area contributed by atoms with Gasteiger partial charge in [-0.15, -0.1) is 0 Å². The zero-order valence-electron chi connectivity index (χ0n) is 25.5. The van der Waals surface area contributed by atoms with Crippen molar-refractivity contribution in [1.29, 1.82) is 0 Å². The van der Waals surface area contributed by atoms with E-state index < -0.39 is 7.14 Å². The van der Waals surface area contributed by atoms with Crippen molar-refractivity contribution in [3.63, 3.8) is 0 Å². The summed E-state index contributed by atoms with van der Waals surface area (Å²) in [7, 11) is -3.22. The molecule has 0 saturated heterocycles. The summed E-state index contributed by atoms with van der Waals surface area (Å²) in [4.78, 5) is 5.41. The molecule has 0 aliphatic heterocycles. The van der Waals surface area contributed by atoms with Crippen molar-refractivity contribution in [3.8, 4) is 16.9 Å². The topological polar surface area (TPSA) is 34.9 Å². The lowest BCUT2D eigenvalue weighted by atomic mass is 9.97. The lowest BCUT2D eigenvalue weighted by Gasteiger charge is -2.23. The quantitative estimate of drug-likeness (QED) is 0.180. The number of benzene rings is 7. The SMILES string of the molecule is O=P(c1ccccc1)(c1ccccc1)c1ccc(-c2nc3ccccc3c3c2c2ccccc2n3-c2ccccc2)c2ccccc12. The molecule has 0 N–H and O–H groups in total. The maximum absolute atomic E-state index is 15.6. The summed E-state index contributed by atoms with van der Waals surface area (Å²) in [6.45, 7) is 0. The molecule has 0 atom stereocenters. The molecule has 0 saturated carbocycles. The monoisotopic (exact) mass is 620 g/mol. The Labute approximate surface area is 272 Å². The molecule has 0 radical (unpaired) electrons. The zero-order chi connectivity index (χ0) is 31.4. The van der Waals surface area contributed by atoms with Crippen molar-refractivity contribution < 1.29 is 4.57 Å². The molecule has 7 aromatic carbocycles. The number of pyridine rings is 1. The third-order valence-electron chi connectivity index (χ3n) is 9.25. The fourth-order valence-electron chi connectivity index (χ4n) is 7.19. The Morgan fingerprint density at radius 1 is 0.468 bits per heavy atom. The van der Waals surface area contributed by atoms with Crippen molar-refractivity contribution in [2.24, 2.45) is 0 Å². The highest BCUT2D eigenvalue weighted by Gasteiger charge is 2.32. The highest BCUT2D eigenvalue weighted by Crippen LogP contribution is 2.47. The van der Waals surface area contributed by atoms with Crippen molar-refractivity contribution in [1.82, 2.24) is 9.55 Å². The number of hydrogen-bond donors (Lipinski definition) is 0. The first-order valence-electron chi connectivity index (χ1n) is 15.8. The van der Waals surface area contributed by atoms with Crippen LogP contribution in [-0.2, 0) is 4.57 Å². The van der Waals surface area contributed by atoms with Crippen LogP contribution in [0.4, 0.5) is 0 Å². The summed E-state index contributed by atoms with van der Waals surface area (Å²) in [5.74, 6) is 0. The van der Waals surface area contributed by atoms with E-state index >= 15 is 4.57 Å².